The van der Waals surface area contributed by atoms with Crippen LogP contribution in [-0.2, 0) is 9.53 Å². The number of hydrogen-bond acceptors (Lipinski definition) is 6. The Morgan fingerprint density at radius 3 is 2.52 bits per heavy atom. The van der Waals surface area contributed by atoms with Gasteiger partial charge in [0.1, 0.15) is 6.10 Å². The van der Waals surface area contributed by atoms with E-state index in [1.165, 1.54) is 0 Å². The molecular formula is C23H40N2O6. The molecule has 0 aromatic heterocycles. The Hall–Kier alpha value is -1.38. The van der Waals surface area contributed by atoms with E-state index in [4.69, 9.17) is 4.74 Å². The highest BCUT2D eigenvalue weighted by atomic mass is 16.6. The van der Waals surface area contributed by atoms with Gasteiger partial charge in [-0.05, 0) is 55.8 Å². The van der Waals surface area contributed by atoms with Crippen LogP contribution in [0.15, 0.2) is 0 Å². The summed E-state index contributed by atoms with van der Waals surface area (Å²) in [6.45, 7) is 7.41. The smallest absolute Gasteiger partial charge is 0.407 e. The molecule has 0 bridgehead atoms. The maximum absolute atomic E-state index is 12.9. The normalized spacial score (nSPS) is 40.3. The first-order chi connectivity index (χ1) is 14.7. The Kier molecular flexibility index (Phi) is 7.54. The maximum Gasteiger partial charge on any atom is 0.407 e. The Bertz CT molecular complexity index is 660. The van der Waals surface area contributed by atoms with Gasteiger partial charge in [0, 0.05) is 31.5 Å². The first-order valence-corrected chi connectivity index (χ1v) is 11.8. The highest BCUT2D eigenvalue weighted by molar-refractivity contribution is 5.77. The number of carbonyl (C=O) groups is 2. The average molecular weight is 441 g/mol. The number of β-amino-alcohol motifs (C(OH)–C–C–N with tert-alkyl or cyclic N) is 1. The van der Waals surface area contributed by atoms with Gasteiger partial charge < -0.3 is 30.3 Å². The summed E-state index contributed by atoms with van der Waals surface area (Å²) in [7, 11) is 0. The number of ether oxygens (including phenoxy) is 1. The molecule has 3 aliphatic rings. The largest absolute Gasteiger partial charge is 0.446 e. The summed E-state index contributed by atoms with van der Waals surface area (Å²) < 4.78 is 5.75. The summed E-state index contributed by atoms with van der Waals surface area (Å²) in [6, 6.07) is 0. The van der Waals surface area contributed by atoms with E-state index in [9.17, 15) is 24.9 Å². The van der Waals surface area contributed by atoms with Crippen molar-refractivity contribution in [1.29, 1.82) is 0 Å². The monoisotopic (exact) mass is 440 g/mol. The minimum absolute atomic E-state index is 0.0214. The van der Waals surface area contributed by atoms with E-state index < -0.39 is 29.8 Å². The molecule has 3 rings (SSSR count). The number of amides is 2. The summed E-state index contributed by atoms with van der Waals surface area (Å²) in [5, 5.41) is 33.8. The molecule has 1 unspecified atom stereocenters. The van der Waals surface area contributed by atoms with Crippen LogP contribution < -0.4 is 5.32 Å². The Morgan fingerprint density at radius 1 is 1.16 bits per heavy atom. The van der Waals surface area contributed by atoms with Gasteiger partial charge in [-0.1, -0.05) is 20.8 Å². The SMILES string of the molecule is CCCNC(=O)O[C@@H]1CC[C@]2(C)C(CC[C@@H](O)[C@H]2CC(=O)N2CC[C@@H](O)C2)[C@]1(C)CO. The number of fused-ring (bicyclic) bond motifs is 1. The van der Waals surface area contributed by atoms with Crippen LogP contribution in [0.25, 0.3) is 0 Å². The van der Waals surface area contributed by atoms with Crippen molar-refractivity contribution in [3.63, 3.8) is 0 Å². The third kappa shape index (κ3) is 4.71. The van der Waals surface area contributed by atoms with Crippen LogP contribution >= 0.6 is 0 Å². The van der Waals surface area contributed by atoms with Crippen molar-refractivity contribution in [3.05, 3.63) is 0 Å². The fraction of sp³-hybridized carbons (Fsp3) is 0.913. The number of rotatable bonds is 6. The molecule has 2 amide bonds. The van der Waals surface area contributed by atoms with Gasteiger partial charge in [-0.3, -0.25) is 4.79 Å². The number of likely N-dealkylation sites (tertiary alicyclic amines) is 1. The van der Waals surface area contributed by atoms with Crippen molar-refractivity contribution in [2.24, 2.45) is 22.7 Å². The molecule has 178 valence electrons. The molecule has 1 heterocycles. The molecule has 2 saturated carbocycles. The molecule has 7 atom stereocenters. The van der Waals surface area contributed by atoms with Gasteiger partial charge in [-0.15, -0.1) is 0 Å². The van der Waals surface area contributed by atoms with Crippen LogP contribution in [0.4, 0.5) is 4.79 Å². The molecule has 1 saturated heterocycles. The number of aliphatic hydroxyl groups is 3. The fourth-order valence-electron chi connectivity index (χ4n) is 6.46. The molecule has 8 nitrogen and oxygen atoms in total. The lowest BCUT2D eigenvalue weighted by Crippen LogP contribution is -2.61. The molecule has 1 aliphatic heterocycles. The maximum atomic E-state index is 12.9. The van der Waals surface area contributed by atoms with Crippen molar-refractivity contribution in [1.82, 2.24) is 10.2 Å². The molecule has 0 spiro atoms. The van der Waals surface area contributed by atoms with Crippen LogP contribution in [0, 0.1) is 22.7 Å². The molecule has 8 heteroatoms. The van der Waals surface area contributed by atoms with E-state index >= 15 is 0 Å². The quantitative estimate of drug-likeness (QED) is 0.499. The molecule has 4 N–H and O–H groups in total. The zero-order chi connectivity index (χ0) is 22.8. The lowest BCUT2D eigenvalue weighted by Gasteiger charge is -2.60. The third-order valence-corrected chi connectivity index (χ3v) is 8.36. The Labute approximate surface area is 185 Å². The zero-order valence-corrected chi connectivity index (χ0v) is 19.2. The fourth-order valence-corrected chi connectivity index (χ4v) is 6.46. The van der Waals surface area contributed by atoms with E-state index in [1.807, 2.05) is 13.8 Å². The van der Waals surface area contributed by atoms with E-state index in [1.54, 1.807) is 4.90 Å². The highest BCUT2D eigenvalue weighted by Crippen LogP contribution is 2.61. The van der Waals surface area contributed by atoms with Crippen LogP contribution in [-0.4, -0.2) is 76.8 Å². The van der Waals surface area contributed by atoms with Crippen LogP contribution in [0.3, 0.4) is 0 Å². The van der Waals surface area contributed by atoms with Crippen LogP contribution in [0.1, 0.15) is 65.7 Å². The van der Waals surface area contributed by atoms with Crippen LogP contribution in [0.5, 0.6) is 0 Å². The highest BCUT2D eigenvalue weighted by Gasteiger charge is 2.60. The van der Waals surface area contributed by atoms with Gasteiger partial charge >= 0.3 is 6.09 Å². The van der Waals surface area contributed by atoms with Crippen molar-refractivity contribution in [3.8, 4) is 0 Å². The first kappa shape index (κ1) is 24.3. The van der Waals surface area contributed by atoms with E-state index in [0.717, 1.165) is 19.3 Å². The molecule has 0 aromatic rings. The summed E-state index contributed by atoms with van der Waals surface area (Å²) in [5.74, 6) is -0.226. The average Bonchev–Trinajstić information content (AvgIpc) is 3.17. The third-order valence-electron chi connectivity index (χ3n) is 8.36. The second kappa shape index (κ2) is 9.63. The lowest BCUT2D eigenvalue weighted by molar-refractivity contribution is -0.187. The van der Waals surface area contributed by atoms with Gasteiger partial charge in [0.2, 0.25) is 5.91 Å². The number of aliphatic hydroxyl groups excluding tert-OH is 3. The van der Waals surface area contributed by atoms with Crippen molar-refractivity contribution >= 4 is 12.0 Å². The topological polar surface area (TPSA) is 119 Å². The van der Waals surface area contributed by atoms with Gasteiger partial charge in [0.05, 0.1) is 18.8 Å². The van der Waals surface area contributed by atoms with E-state index in [0.29, 0.717) is 38.9 Å². The second-order valence-electron chi connectivity index (χ2n) is 10.3. The number of hydrogen-bond donors (Lipinski definition) is 4. The number of alkyl carbamates (subject to hydrolysis) is 1. The van der Waals surface area contributed by atoms with Crippen molar-refractivity contribution in [2.45, 2.75) is 84.0 Å². The van der Waals surface area contributed by atoms with E-state index in [-0.39, 0.29) is 36.2 Å². The van der Waals surface area contributed by atoms with Crippen LogP contribution in [0.2, 0.25) is 0 Å². The van der Waals surface area contributed by atoms with Gasteiger partial charge in [-0.2, -0.15) is 0 Å². The summed E-state index contributed by atoms with van der Waals surface area (Å²) in [6.07, 6.45) is 2.34. The molecule has 0 aromatic carbocycles. The van der Waals surface area contributed by atoms with Crippen molar-refractivity contribution < 1.29 is 29.6 Å². The molecular weight excluding hydrogens is 400 g/mol. The van der Waals surface area contributed by atoms with Gasteiger partial charge in [0.25, 0.3) is 0 Å². The molecule has 31 heavy (non-hydrogen) atoms. The first-order valence-electron chi connectivity index (χ1n) is 11.8. The standard InChI is InChI=1S/C23H40N2O6/c1-4-10-24-21(30)31-19-7-9-22(2)16(12-20(29)25-11-8-15(27)13-25)17(28)5-6-18(22)23(19,3)14-26/h15-19,26-28H,4-14H2,1-3H3,(H,24,30)/t15-,16-,17-,18?,19-,22+,23+/m1/s1. The zero-order valence-electron chi connectivity index (χ0n) is 19.2. The lowest BCUT2D eigenvalue weighted by atomic mass is 9.46. The number of nitrogens with one attached hydrogen (secondary N) is 1. The Balaban J connectivity index is 1.77. The molecule has 3 fully saturated rings. The van der Waals surface area contributed by atoms with Crippen molar-refractivity contribution in [2.75, 3.05) is 26.2 Å². The van der Waals surface area contributed by atoms with Gasteiger partial charge in [0.15, 0.2) is 0 Å². The summed E-state index contributed by atoms with van der Waals surface area (Å²) >= 11 is 0. The van der Waals surface area contributed by atoms with Gasteiger partial charge in [-0.25, -0.2) is 4.79 Å². The summed E-state index contributed by atoms with van der Waals surface area (Å²) in [5.41, 5.74) is -0.981. The Morgan fingerprint density at radius 2 is 1.90 bits per heavy atom. The summed E-state index contributed by atoms with van der Waals surface area (Å²) in [4.78, 5) is 26.9. The molecule has 2 aliphatic carbocycles. The predicted molar refractivity (Wildman–Crippen MR) is 115 cm³/mol. The number of carbonyl (C=O) groups excluding carboxylic acids is 2. The van der Waals surface area contributed by atoms with E-state index in [2.05, 4.69) is 12.2 Å². The minimum atomic E-state index is -0.637. The number of nitrogens with zero attached hydrogens (tertiary/aromatic N) is 1. The predicted octanol–water partition coefficient (Wildman–Crippen LogP) is 1.66. The minimum Gasteiger partial charge on any atom is -0.446 e. The molecule has 0 radical (unpaired) electrons. The second-order valence-corrected chi connectivity index (χ2v) is 10.3.